The van der Waals surface area contributed by atoms with E-state index in [2.05, 4.69) is 11.6 Å². The summed E-state index contributed by atoms with van der Waals surface area (Å²) in [4.78, 5) is 17.7. The number of rotatable bonds is 3. The minimum atomic E-state index is -0.309. The van der Waals surface area contributed by atoms with Crippen LogP contribution in [0.15, 0.2) is 41.9 Å². The second-order valence-electron chi connectivity index (χ2n) is 4.98. The van der Waals surface area contributed by atoms with Crippen LogP contribution >= 0.6 is 34.3 Å². The van der Waals surface area contributed by atoms with E-state index in [1.807, 2.05) is 16.7 Å². The van der Waals surface area contributed by atoms with Gasteiger partial charge in [0.1, 0.15) is 0 Å². The third-order valence-corrected chi connectivity index (χ3v) is 5.73. The zero-order valence-corrected chi connectivity index (χ0v) is 14.7. The van der Waals surface area contributed by atoms with E-state index in [1.54, 1.807) is 18.2 Å². The average Bonchev–Trinajstić information content (AvgIpc) is 3.25. The number of carbonyl (C=O) groups is 1. The number of aromatic nitrogens is 1. The van der Waals surface area contributed by atoms with Crippen LogP contribution in [0.2, 0.25) is 4.34 Å². The Morgan fingerprint density at radius 1 is 1.33 bits per heavy atom. The minimum absolute atomic E-state index is 0.225. The van der Waals surface area contributed by atoms with Crippen LogP contribution in [0.1, 0.15) is 9.67 Å². The fourth-order valence-corrected chi connectivity index (χ4v) is 4.40. The Morgan fingerprint density at radius 3 is 2.83 bits per heavy atom. The first-order chi connectivity index (χ1) is 11.7. The number of amides is 1. The molecule has 3 heterocycles. The Balaban J connectivity index is 1.88. The SMILES string of the molecule is C=CCn1c(=NC(=O)c2ccc(Cl)s2)sc2cc3c(cc21)OCO3. The lowest BCUT2D eigenvalue weighted by Crippen LogP contribution is -2.15. The molecular formula is C16H11ClN2O3S2. The van der Waals surface area contributed by atoms with Crippen molar-refractivity contribution in [3.05, 3.63) is 50.9 Å². The molecule has 0 saturated carbocycles. The number of carbonyl (C=O) groups excluding carboxylic acids is 1. The third-order valence-electron chi connectivity index (χ3n) is 3.47. The Morgan fingerprint density at radius 2 is 2.12 bits per heavy atom. The van der Waals surface area contributed by atoms with Crippen LogP contribution in [0.4, 0.5) is 0 Å². The molecule has 4 rings (SSSR count). The third kappa shape index (κ3) is 2.64. The molecule has 8 heteroatoms. The lowest BCUT2D eigenvalue weighted by molar-refractivity contribution is 0.100. The van der Waals surface area contributed by atoms with Gasteiger partial charge in [-0.3, -0.25) is 4.79 Å². The van der Waals surface area contributed by atoms with E-state index in [0.29, 0.717) is 32.1 Å². The van der Waals surface area contributed by atoms with Gasteiger partial charge < -0.3 is 14.0 Å². The van der Waals surface area contributed by atoms with Gasteiger partial charge in [-0.25, -0.2) is 0 Å². The number of thiophene rings is 1. The zero-order valence-electron chi connectivity index (χ0n) is 12.3. The van der Waals surface area contributed by atoms with E-state index in [9.17, 15) is 4.79 Å². The zero-order chi connectivity index (χ0) is 16.7. The summed E-state index contributed by atoms with van der Waals surface area (Å²) in [6, 6.07) is 7.19. The second kappa shape index (κ2) is 6.08. The highest BCUT2D eigenvalue weighted by molar-refractivity contribution is 7.18. The Labute approximate surface area is 150 Å². The Kier molecular flexibility index (Phi) is 3.91. The molecule has 1 aromatic carbocycles. The molecule has 0 unspecified atom stereocenters. The lowest BCUT2D eigenvalue weighted by atomic mass is 10.3. The predicted octanol–water partition coefficient (Wildman–Crippen LogP) is 4.07. The number of ether oxygens (including phenoxy) is 2. The van der Waals surface area contributed by atoms with Crippen LogP contribution in [-0.2, 0) is 6.54 Å². The van der Waals surface area contributed by atoms with Crippen molar-refractivity contribution in [3.63, 3.8) is 0 Å². The maximum absolute atomic E-state index is 12.4. The highest BCUT2D eigenvalue weighted by atomic mass is 35.5. The molecule has 2 aromatic heterocycles. The summed E-state index contributed by atoms with van der Waals surface area (Å²) in [6.07, 6.45) is 1.77. The first kappa shape index (κ1) is 15.4. The number of hydrogen-bond acceptors (Lipinski definition) is 5. The standard InChI is InChI=1S/C16H11ClN2O3S2/c1-2-5-19-9-6-10-11(22-8-21-10)7-13(9)24-16(19)18-15(20)12-3-4-14(17)23-12/h2-4,6-7H,1,5,8H2. The molecule has 1 aliphatic heterocycles. The molecule has 0 bridgehead atoms. The molecule has 0 spiro atoms. The fourth-order valence-electron chi connectivity index (χ4n) is 2.42. The van der Waals surface area contributed by atoms with Gasteiger partial charge in [0.05, 0.1) is 19.4 Å². The number of halogens is 1. The van der Waals surface area contributed by atoms with Crippen LogP contribution in [0.5, 0.6) is 11.5 Å². The fraction of sp³-hybridized carbons (Fsp3) is 0.125. The van der Waals surface area contributed by atoms with Crippen molar-refractivity contribution in [1.82, 2.24) is 4.57 Å². The van der Waals surface area contributed by atoms with Gasteiger partial charge in [0.2, 0.25) is 6.79 Å². The van der Waals surface area contributed by atoms with Crippen molar-refractivity contribution in [2.24, 2.45) is 4.99 Å². The Hall–Kier alpha value is -2.09. The van der Waals surface area contributed by atoms with E-state index in [1.165, 1.54) is 22.7 Å². The molecule has 122 valence electrons. The molecule has 0 saturated heterocycles. The van der Waals surface area contributed by atoms with Gasteiger partial charge in [-0.2, -0.15) is 4.99 Å². The monoisotopic (exact) mass is 378 g/mol. The largest absolute Gasteiger partial charge is 0.454 e. The molecule has 1 aliphatic rings. The van der Waals surface area contributed by atoms with Gasteiger partial charge in [-0.15, -0.1) is 17.9 Å². The second-order valence-corrected chi connectivity index (χ2v) is 7.70. The van der Waals surface area contributed by atoms with E-state index >= 15 is 0 Å². The highest BCUT2D eigenvalue weighted by Gasteiger charge is 2.18. The van der Waals surface area contributed by atoms with Crippen molar-refractivity contribution in [2.45, 2.75) is 6.54 Å². The number of allylic oxidation sites excluding steroid dienone is 1. The van der Waals surface area contributed by atoms with Crippen molar-refractivity contribution in [2.75, 3.05) is 6.79 Å². The summed E-state index contributed by atoms with van der Waals surface area (Å²) in [7, 11) is 0. The normalized spacial score (nSPS) is 13.6. The van der Waals surface area contributed by atoms with E-state index in [4.69, 9.17) is 21.1 Å². The molecular weight excluding hydrogens is 368 g/mol. The van der Waals surface area contributed by atoms with Crippen molar-refractivity contribution in [3.8, 4) is 11.5 Å². The molecule has 0 atom stereocenters. The van der Waals surface area contributed by atoms with Crippen LogP contribution < -0.4 is 14.3 Å². The van der Waals surface area contributed by atoms with Crippen LogP contribution in [0.3, 0.4) is 0 Å². The van der Waals surface area contributed by atoms with Crippen molar-refractivity contribution in [1.29, 1.82) is 0 Å². The number of hydrogen-bond donors (Lipinski definition) is 0. The number of fused-ring (bicyclic) bond motifs is 2. The first-order valence-corrected chi connectivity index (χ1v) is 9.05. The Bertz CT molecular complexity index is 1030. The van der Waals surface area contributed by atoms with Gasteiger partial charge in [-0.05, 0) is 12.1 Å². The summed E-state index contributed by atoms with van der Waals surface area (Å²) in [5.41, 5.74) is 0.930. The number of benzene rings is 1. The molecule has 3 aromatic rings. The molecule has 0 N–H and O–H groups in total. The van der Waals surface area contributed by atoms with E-state index < -0.39 is 0 Å². The minimum Gasteiger partial charge on any atom is -0.454 e. The predicted molar refractivity (Wildman–Crippen MR) is 95.4 cm³/mol. The summed E-state index contributed by atoms with van der Waals surface area (Å²) in [6.45, 7) is 4.55. The summed E-state index contributed by atoms with van der Waals surface area (Å²) < 4.78 is 14.3. The van der Waals surface area contributed by atoms with Crippen LogP contribution in [0.25, 0.3) is 10.2 Å². The van der Waals surface area contributed by atoms with Crippen molar-refractivity contribution >= 4 is 50.4 Å². The van der Waals surface area contributed by atoms with Crippen molar-refractivity contribution < 1.29 is 14.3 Å². The average molecular weight is 379 g/mol. The molecule has 0 fully saturated rings. The maximum Gasteiger partial charge on any atom is 0.289 e. The van der Waals surface area contributed by atoms with Crippen LogP contribution in [0, 0.1) is 0 Å². The first-order valence-electron chi connectivity index (χ1n) is 7.04. The van der Waals surface area contributed by atoms with Gasteiger partial charge in [0.25, 0.3) is 5.91 Å². The summed E-state index contributed by atoms with van der Waals surface area (Å²) in [5, 5.41) is 0. The molecule has 24 heavy (non-hydrogen) atoms. The van der Waals surface area contributed by atoms with Gasteiger partial charge in [-0.1, -0.05) is 29.0 Å². The van der Waals surface area contributed by atoms with Gasteiger partial charge in [0.15, 0.2) is 16.3 Å². The summed E-state index contributed by atoms with van der Waals surface area (Å²) in [5.74, 6) is 1.09. The molecule has 1 amide bonds. The quantitative estimate of drug-likeness (QED) is 0.645. The molecule has 0 aliphatic carbocycles. The number of thiazole rings is 1. The molecule has 5 nitrogen and oxygen atoms in total. The lowest BCUT2D eigenvalue weighted by Gasteiger charge is -2.02. The maximum atomic E-state index is 12.4. The van der Waals surface area contributed by atoms with Gasteiger partial charge in [0, 0.05) is 18.7 Å². The smallest absolute Gasteiger partial charge is 0.289 e. The van der Waals surface area contributed by atoms with E-state index in [-0.39, 0.29) is 12.7 Å². The van der Waals surface area contributed by atoms with E-state index in [0.717, 1.165) is 10.2 Å². The topological polar surface area (TPSA) is 52.8 Å². The summed E-state index contributed by atoms with van der Waals surface area (Å²) >= 11 is 8.53. The highest BCUT2D eigenvalue weighted by Crippen LogP contribution is 2.37. The van der Waals surface area contributed by atoms with Crippen LogP contribution in [-0.4, -0.2) is 17.3 Å². The van der Waals surface area contributed by atoms with Gasteiger partial charge >= 0.3 is 0 Å². The molecule has 0 radical (unpaired) electrons. The number of nitrogens with zero attached hydrogens (tertiary/aromatic N) is 2.